The van der Waals surface area contributed by atoms with Crippen molar-refractivity contribution in [3.8, 4) is 0 Å². The fourth-order valence-corrected chi connectivity index (χ4v) is 7.00. The van der Waals surface area contributed by atoms with Gasteiger partial charge in [-0.2, -0.15) is 0 Å². The van der Waals surface area contributed by atoms with Gasteiger partial charge in [0, 0.05) is 12.8 Å². The van der Waals surface area contributed by atoms with Gasteiger partial charge in [-0.25, -0.2) is 0 Å². The minimum absolute atomic E-state index is 0.169. The van der Waals surface area contributed by atoms with Gasteiger partial charge in [-0.05, 0) is 80.0 Å². The fourth-order valence-electron chi connectivity index (χ4n) is 7.00. The molecule has 0 bridgehead atoms. The number of rotatable bonds is 0. The lowest BCUT2D eigenvalue weighted by molar-refractivity contribution is -0.197. The van der Waals surface area contributed by atoms with Crippen LogP contribution in [-0.4, -0.2) is 16.5 Å². The van der Waals surface area contributed by atoms with Gasteiger partial charge in [-0.3, -0.25) is 4.79 Å². The molecule has 4 saturated carbocycles. The van der Waals surface area contributed by atoms with E-state index in [1.807, 2.05) is 0 Å². The Bertz CT molecular complexity index is 472. The predicted octanol–water partition coefficient (Wildman–Crippen LogP) is 4.10. The van der Waals surface area contributed by atoms with Crippen LogP contribution >= 0.6 is 0 Å². The SMILES string of the molecule is C[C@]12CCC(=O)C[C@H]1CC[C@@H]1[C@H]2CC[C@@]2(C)CCC[C@@]12O. The molecule has 2 nitrogen and oxygen atoms in total. The molecule has 2 heteroatoms. The molecule has 4 aliphatic rings. The van der Waals surface area contributed by atoms with Crippen molar-refractivity contribution in [3.63, 3.8) is 0 Å². The van der Waals surface area contributed by atoms with E-state index in [9.17, 15) is 9.90 Å². The zero-order valence-electron chi connectivity index (χ0n) is 13.7. The summed E-state index contributed by atoms with van der Waals surface area (Å²) in [5, 5.41) is 11.6. The van der Waals surface area contributed by atoms with Gasteiger partial charge >= 0.3 is 0 Å². The topological polar surface area (TPSA) is 37.3 Å². The molecule has 0 aliphatic heterocycles. The summed E-state index contributed by atoms with van der Waals surface area (Å²) in [5.41, 5.74) is 0.0731. The van der Waals surface area contributed by atoms with Crippen LogP contribution in [0.3, 0.4) is 0 Å². The molecule has 4 aliphatic carbocycles. The second kappa shape index (κ2) is 4.34. The zero-order chi connectivity index (χ0) is 14.9. The summed E-state index contributed by atoms with van der Waals surface area (Å²) in [6.07, 6.45) is 10.9. The molecule has 0 radical (unpaired) electrons. The van der Waals surface area contributed by atoms with Crippen molar-refractivity contribution in [2.75, 3.05) is 0 Å². The van der Waals surface area contributed by atoms with E-state index in [0.717, 1.165) is 32.1 Å². The first-order valence-electron chi connectivity index (χ1n) is 9.13. The van der Waals surface area contributed by atoms with Crippen LogP contribution in [0.4, 0.5) is 0 Å². The Morgan fingerprint density at radius 3 is 2.62 bits per heavy atom. The summed E-state index contributed by atoms with van der Waals surface area (Å²) < 4.78 is 0. The highest BCUT2D eigenvalue weighted by atomic mass is 16.3. The molecule has 118 valence electrons. The van der Waals surface area contributed by atoms with Crippen molar-refractivity contribution >= 4 is 5.78 Å². The fraction of sp³-hybridized carbons (Fsp3) is 0.947. The molecule has 0 saturated heterocycles. The van der Waals surface area contributed by atoms with Gasteiger partial charge < -0.3 is 5.11 Å². The molecule has 0 spiro atoms. The second-order valence-electron chi connectivity index (χ2n) is 9.11. The first-order valence-corrected chi connectivity index (χ1v) is 9.13. The number of carbonyl (C=O) groups is 1. The molecular formula is C19H30O2. The quantitative estimate of drug-likeness (QED) is 0.729. The Balaban J connectivity index is 1.69. The number of hydrogen-bond acceptors (Lipinski definition) is 2. The highest BCUT2D eigenvalue weighted by molar-refractivity contribution is 5.79. The predicted molar refractivity (Wildman–Crippen MR) is 82.8 cm³/mol. The standard InChI is InChI=1S/C19H30O2/c1-17-8-3-9-19(17,21)16-5-4-13-12-14(20)6-11-18(13,2)15(16)7-10-17/h13,15-16,21H,3-12H2,1-2H3/t13-,15-,16-,17-,18+,19-/m1/s1. The van der Waals surface area contributed by atoms with E-state index >= 15 is 0 Å². The first kappa shape index (κ1) is 14.2. The first-order chi connectivity index (χ1) is 9.89. The lowest BCUT2D eigenvalue weighted by atomic mass is 9.44. The van der Waals surface area contributed by atoms with E-state index in [4.69, 9.17) is 0 Å². The van der Waals surface area contributed by atoms with Crippen LogP contribution < -0.4 is 0 Å². The Labute approximate surface area is 128 Å². The van der Waals surface area contributed by atoms with Crippen molar-refractivity contribution in [2.24, 2.45) is 28.6 Å². The van der Waals surface area contributed by atoms with Gasteiger partial charge in [0.15, 0.2) is 0 Å². The average Bonchev–Trinajstić information content (AvgIpc) is 2.75. The van der Waals surface area contributed by atoms with Gasteiger partial charge in [0.1, 0.15) is 5.78 Å². The van der Waals surface area contributed by atoms with E-state index in [-0.39, 0.29) is 5.41 Å². The van der Waals surface area contributed by atoms with Crippen molar-refractivity contribution in [1.82, 2.24) is 0 Å². The third-order valence-electron chi connectivity index (χ3n) is 8.46. The van der Waals surface area contributed by atoms with Gasteiger partial charge in [0.2, 0.25) is 0 Å². The maximum atomic E-state index is 11.9. The summed E-state index contributed by atoms with van der Waals surface area (Å²) in [5.74, 6) is 2.22. The number of Topliss-reactive ketones (excluding diaryl/α,β-unsaturated/α-hetero) is 1. The number of hydrogen-bond donors (Lipinski definition) is 1. The lowest BCUT2D eigenvalue weighted by Gasteiger charge is -2.62. The molecule has 0 amide bonds. The zero-order valence-corrected chi connectivity index (χ0v) is 13.7. The summed E-state index contributed by atoms with van der Waals surface area (Å²) >= 11 is 0. The Morgan fingerprint density at radius 1 is 1.00 bits per heavy atom. The van der Waals surface area contributed by atoms with Crippen molar-refractivity contribution in [3.05, 3.63) is 0 Å². The van der Waals surface area contributed by atoms with Gasteiger partial charge in [-0.15, -0.1) is 0 Å². The summed E-state index contributed by atoms with van der Waals surface area (Å²) in [4.78, 5) is 11.9. The van der Waals surface area contributed by atoms with Crippen LogP contribution in [0.15, 0.2) is 0 Å². The lowest BCUT2D eigenvalue weighted by Crippen LogP contribution is -2.61. The van der Waals surface area contributed by atoms with Crippen LogP contribution in [0.2, 0.25) is 0 Å². The highest BCUT2D eigenvalue weighted by Crippen LogP contribution is 2.67. The van der Waals surface area contributed by atoms with E-state index in [0.29, 0.717) is 29.0 Å². The summed E-state index contributed by atoms with van der Waals surface area (Å²) in [6, 6.07) is 0. The van der Waals surface area contributed by atoms with Crippen LogP contribution in [-0.2, 0) is 4.79 Å². The maximum absolute atomic E-state index is 11.9. The molecule has 0 aromatic carbocycles. The second-order valence-corrected chi connectivity index (χ2v) is 9.11. The van der Waals surface area contributed by atoms with Crippen LogP contribution in [0.1, 0.15) is 78.1 Å². The highest BCUT2D eigenvalue weighted by Gasteiger charge is 2.64. The molecule has 1 N–H and O–H groups in total. The molecule has 0 aromatic rings. The van der Waals surface area contributed by atoms with Crippen LogP contribution in [0.25, 0.3) is 0 Å². The molecule has 0 aromatic heterocycles. The minimum Gasteiger partial charge on any atom is -0.389 e. The third kappa shape index (κ3) is 1.72. The molecule has 4 fully saturated rings. The molecule has 4 rings (SSSR count). The van der Waals surface area contributed by atoms with Crippen molar-refractivity contribution < 1.29 is 9.90 Å². The summed E-state index contributed by atoms with van der Waals surface area (Å²) in [7, 11) is 0. The number of carbonyl (C=O) groups excluding carboxylic acids is 1. The molecule has 0 unspecified atom stereocenters. The van der Waals surface area contributed by atoms with E-state index < -0.39 is 5.60 Å². The minimum atomic E-state index is -0.411. The normalized spacial score (nSPS) is 56.5. The van der Waals surface area contributed by atoms with E-state index in [2.05, 4.69) is 13.8 Å². The third-order valence-corrected chi connectivity index (χ3v) is 8.46. The Hall–Kier alpha value is -0.370. The van der Waals surface area contributed by atoms with Crippen molar-refractivity contribution in [1.29, 1.82) is 0 Å². The Morgan fingerprint density at radius 2 is 1.81 bits per heavy atom. The molecular weight excluding hydrogens is 260 g/mol. The van der Waals surface area contributed by atoms with Gasteiger partial charge in [0.25, 0.3) is 0 Å². The Kier molecular flexibility index (Phi) is 2.94. The van der Waals surface area contributed by atoms with Crippen LogP contribution in [0.5, 0.6) is 0 Å². The largest absolute Gasteiger partial charge is 0.389 e. The number of fused-ring (bicyclic) bond motifs is 5. The van der Waals surface area contributed by atoms with Crippen molar-refractivity contribution in [2.45, 2.75) is 83.7 Å². The van der Waals surface area contributed by atoms with Crippen LogP contribution in [0, 0.1) is 28.6 Å². The monoisotopic (exact) mass is 290 g/mol. The van der Waals surface area contributed by atoms with Gasteiger partial charge in [-0.1, -0.05) is 13.8 Å². The van der Waals surface area contributed by atoms with E-state index in [1.165, 1.54) is 32.1 Å². The number of aliphatic hydroxyl groups is 1. The molecule has 0 heterocycles. The molecule has 21 heavy (non-hydrogen) atoms. The maximum Gasteiger partial charge on any atom is 0.133 e. The number of ketones is 1. The molecule has 6 atom stereocenters. The van der Waals surface area contributed by atoms with E-state index in [1.54, 1.807) is 0 Å². The van der Waals surface area contributed by atoms with Gasteiger partial charge in [0.05, 0.1) is 5.60 Å². The summed E-state index contributed by atoms with van der Waals surface area (Å²) in [6.45, 7) is 4.79. The smallest absolute Gasteiger partial charge is 0.133 e. The average molecular weight is 290 g/mol.